The van der Waals surface area contributed by atoms with Gasteiger partial charge in [0.2, 0.25) is 15.9 Å². The van der Waals surface area contributed by atoms with Gasteiger partial charge in [0.1, 0.15) is 0 Å². The van der Waals surface area contributed by atoms with Gasteiger partial charge in [-0.2, -0.15) is 0 Å². The number of benzene rings is 1. The van der Waals surface area contributed by atoms with Crippen molar-refractivity contribution in [3.05, 3.63) is 27.1 Å². The lowest BCUT2D eigenvalue weighted by molar-refractivity contribution is -0.118. The van der Waals surface area contributed by atoms with E-state index in [1.165, 1.54) is 13.0 Å². The molecule has 0 saturated carbocycles. The second-order valence-electron chi connectivity index (χ2n) is 3.46. The van der Waals surface area contributed by atoms with Gasteiger partial charge in [0, 0.05) is 29.0 Å². The number of hydrogen-bond acceptors (Lipinski definition) is 3. The van der Waals surface area contributed by atoms with Gasteiger partial charge >= 0.3 is 0 Å². The van der Waals surface area contributed by atoms with Crippen LogP contribution in [0.1, 0.15) is 6.92 Å². The quantitative estimate of drug-likeness (QED) is 0.738. The Morgan fingerprint density at radius 1 is 1.28 bits per heavy atom. The normalized spacial score (nSPS) is 11.3. The third-order valence-electron chi connectivity index (χ3n) is 1.97. The van der Waals surface area contributed by atoms with E-state index in [1.807, 2.05) is 0 Å². The summed E-state index contributed by atoms with van der Waals surface area (Å²) in [5.74, 6) is -0.196. The first-order valence-electron chi connectivity index (χ1n) is 5.02. The molecule has 0 aliphatic rings. The van der Waals surface area contributed by atoms with Crippen molar-refractivity contribution in [3.8, 4) is 0 Å². The topological polar surface area (TPSA) is 75.3 Å². The zero-order valence-corrected chi connectivity index (χ0v) is 13.5. The molecule has 5 nitrogen and oxygen atoms in total. The number of carbonyl (C=O) groups excluding carboxylic acids is 1. The lowest BCUT2D eigenvalue weighted by Gasteiger charge is -2.09. The molecular formula is C10H12Br2N2O3S. The molecule has 2 N–H and O–H groups in total. The first kappa shape index (κ1) is 15.6. The number of amides is 1. The second-order valence-corrected chi connectivity index (χ2v) is 6.96. The fraction of sp³-hybridized carbons (Fsp3) is 0.300. The van der Waals surface area contributed by atoms with Gasteiger partial charge in [-0.05, 0) is 34.1 Å². The van der Waals surface area contributed by atoms with E-state index in [2.05, 4.69) is 41.9 Å². The highest BCUT2D eigenvalue weighted by molar-refractivity contribution is 9.11. The predicted octanol–water partition coefficient (Wildman–Crippen LogP) is 1.63. The van der Waals surface area contributed by atoms with Crippen LogP contribution in [0.5, 0.6) is 0 Å². The largest absolute Gasteiger partial charge is 0.355 e. The van der Waals surface area contributed by atoms with Crippen LogP contribution >= 0.6 is 31.9 Å². The van der Waals surface area contributed by atoms with E-state index >= 15 is 0 Å². The van der Waals surface area contributed by atoms with E-state index in [0.717, 1.165) is 0 Å². The smallest absolute Gasteiger partial charge is 0.241 e. The first-order chi connectivity index (χ1) is 8.33. The Morgan fingerprint density at radius 2 is 1.94 bits per heavy atom. The van der Waals surface area contributed by atoms with Crippen molar-refractivity contribution in [2.45, 2.75) is 11.8 Å². The van der Waals surface area contributed by atoms with Crippen molar-refractivity contribution in [3.63, 3.8) is 0 Å². The number of nitrogens with one attached hydrogen (secondary N) is 2. The van der Waals surface area contributed by atoms with Crippen LogP contribution in [0.4, 0.5) is 0 Å². The molecule has 0 aromatic heterocycles. The first-order valence-corrected chi connectivity index (χ1v) is 8.09. The Balaban J connectivity index is 2.74. The van der Waals surface area contributed by atoms with Crippen LogP contribution in [0.25, 0.3) is 0 Å². The van der Waals surface area contributed by atoms with Crippen molar-refractivity contribution in [1.29, 1.82) is 0 Å². The molecule has 0 saturated heterocycles. The Morgan fingerprint density at radius 3 is 2.56 bits per heavy atom. The molecular weight excluding hydrogens is 388 g/mol. The third kappa shape index (κ3) is 4.68. The van der Waals surface area contributed by atoms with Gasteiger partial charge in [-0.15, -0.1) is 0 Å². The summed E-state index contributed by atoms with van der Waals surface area (Å²) < 4.78 is 27.5. The lowest BCUT2D eigenvalue weighted by Crippen LogP contribution is -2.33. The van der Waals surface area contributed by atoms with Crippen LogP contribution in [0.15, 0.2) is 32.0 Å². The summed E-state index contributed by atoms with van der Waals surface area (Å²) in [4.78, 5) is 10.8. The molecule has 8 heteroatoms. The van der Waals surface area contributed by atoms with E-state index in [4.69, 9.17) is 0 Å². The van der Waals surface area contributed by atoms with Gasteiger partial charge < -0.3 is 5.32 Å². The van der Waals surface area contributed by atoms with Crippen molar-refractivity contribution >= 4 is 47.8 Å². The molecule has 0 bridgehead atoms. The Labute approximate surface area is 123 Å². The molecule has 0 unspecified atom stereocenters. The molecule has 0 radical (unpaired) electrons. The Bertz CT molecular complexity index is 546. The van der Waals surface area contributed by atoms with E-state index in [0.29, 0.717) is 8.95 Å². The van der Waals surface area contributed by atoms with Gasteiger partial charge in [-0.3, -0.25) is 4.79 Å². The fourth-order valence-electron chi connectivity index (χ4n) is 1.18. The summed E-state index contributed by atoms with van der Waals surface area (Å²) in [7, 11) is -3.59. The molecule has 18 heavy (non-hydrogen) atoms. The van der Waals surface area contributed by atoms with Crippen LogP contribution in [0.2, 0.25) is 0 Å². The summed E-state index contributed by atoms with van der Waals surface area (Å²) in [5, 5.41) is 2.51. The second kappa shape index (κ2) is 6.65. The van der Waals surface area contributed by atoms with Crippen LogP contribution in [-0.4, -0.2) is 27.4 Å². The van der Waals surface area contributed by atoms with Crippen molar-refractivity contribution in [2.75, 3.05) is 13.1 Å². The van der Waals surface area contributed by atoms with E-state index < -0.39 is 10.0 Å². The van der Waals surface area contributed by atoms with Crippen LogP contribution in [-0.2, 0) is 14.8 Å². The maximum absolute atomic E-state index is 12.0. The van der Waals surface area contributed by atoms with Crippen molar-refractivity contribution < 1.29 is 13.2 Å². The zero-order chi connectivity index (χ0) is 13.8. The molecule has 0 aliphatic heterocycles. The fourth-order valence-corrected chi connectivity index (χ4v) is 3.72. The number of halogens is 2. The van der Waals surface area contributed by atoms with Gasteiger partial charge in [0.15, 0.2) is 0 Å². The highest BCUT2D eigenvalue weighted by Crippen LogP contribution is 2.25. The predicted molar refractivity (Wildman–Crippen MR) is 75.7 cm³/mol. The number of carbonyl (C=O) groups is 1. The molecule has 0 atom stereocenters. The van der Waals surface area contributed by atoms with E-state index in [1.54, 1.807) is 12.1 Å². The van der Waals surface area contributed by atoms with Gasteiger partial charge in [0.25, 0.3) is 0 Å². The van der Waals surface area contributed by atoms with Gasteiger partial charge in [-0.25, -0.2) is 13.1 Å². The monoisotopic (exact) mass is 398 g/mol. The van der Waals surface area contributed by atoms with Crippen molar-refractivity contribution in [2.24, 2.45) is 0 Å². The molecule has 1 aromatic rings. The summed E-state index contributed by atoms with van der Waals surface area (Å²) in [6, 6.07) is 4.89. The molecule has 1 rings (SSSR count). The Kier molecular flexibility index (Phi) is 5.77. The Hall–Kier alpha value is -0.440. The molecule has 0 heterocycles. The summed E-state index contributed by atoms with van der Waals surface area (Å²) >= 11 is 6.41. The average molecular weight is 400 g/mol. The third-order valence-corrected chi connectivity index (χ3v) is 4.92. The molecule has 100 valence electrons. The van der Waals surface area contributed by atoms with Gasteiger partial charge in [-0.1, -0.05) is 15.9 Å². The molecule has 0 fully saturated rings. The van der Waals surface area contributed by atoms with Crippen LogP contribution < -0.4 is 10.0 Å². The highest BCUT2D eigenvalue weighted by Gasteiger charge is 2.17. The highest BCUT2D eigenvalue weighted by atomic mass is 79.9. The maximum Gasteiger partial charge on any atom is 0.241 e. The number of hydrogen-bond donors (Lipinski definition) is 2. The minimum absolute atomic E-state index is 0.140. The maximum atomic E-state index is 12.0. The SMILES string of the molecule is CC(=O)NCCNS(=O)(=O)c1cc(Br)ccc1Br. The molecule has 1 aromatic carbocycles. The molecule has 0 aliphatic carbocycles. The minimum Gasteiger partial charge on any atom is -0.355 e. The zero-order valence-electron chi connectivity index (χ0n) is 9.54. The van der Waals surface area contributed by atoms with Crippen molar-refractivity contribution in [1.82, 2.24) is 10.0 Å². The van der Waals surface area contributed by atoms with Gasteiger partial charge in [0.05, 0.1) is 4.90 Å². The van der Waals surface area contributed by atoms with E-state index in [-0.39, 0.29) is 23.9 Å². The van der Waals surface area contributed by atoms with E-state index in [9.17, 15) is 13.2 Å². The minimum atomic E-state index is -3.59. The van der Waals surface area contributed by atoms with Crippen LogP contribution in [0, 0.1) is 0 Å². The molecule has 1 amide bonds. The van der Waals surface area contributed by atoms with Crippen LogP contribution in [0.3, 0.4) is 0 Å². The number of sulfonamides is 1. The summed E-state index contributed by atoms with van der Waals surface area (Å²) in [6.45, 7) is 1.76. The standard InChI is InChI=1S/C10H12Br2N2O3S/c1-7(15)13-4-5-14-18(16,17)10-6-8(11)2-3-9(10)12/h2-3,6,14H,4-5H2,1H3,(H,13,15). The summed E-state index contributed by atoms with van der Waals surface area (Å²) in [5.41, 5.74) is 0. The number of rotatable bonds is 5. The summed E-state index contributed by atoms with van der Waals surface area (Å²) in [6.07, 6.45) is 0. The molecule has 0 spiro atoms. The lowest BCUT2D eigenvalue weighted by atomic mass is 10.4. The average Bonchev–Trinajstić information content (AvgIpc) is 2.27.